The van der Waals surface area contributed by atoms with Crippen molar-refractivity contribution in [2.45, 2.75) is 12.6 Å². The third-order valence-corrected chi connectivity index (χ3v) is 2.76. The highest BCUT2D eigenvalue weighted by Gasteiger charge is 2.24. The summed E-state index contributed by atoms with van der Waals surface area (Å²) >= 11 is 5.80. The third-order valence-electron chi connectivity index (χ3n) is 2.52. The fourth-order valence-corrected chi connectivity index (χ4v) is 1.88. The first-order valence-corrected chi connectivity index (χ1v) is 5.16. The Morgan fingerprint density at radius 1 is 1.53 bits per heavy atom. The van der Waals surface area contributed by atoms with Gasteiger partial charge in [-0.2, -0.15) is 5.26 Å². The SMILES string of the molecule is N#Cc1cc(Cl)ccc1CN1CC(O)C1. The minimum Gasteiger partial charge on any atom is -0.390 e. The van der Waals surface area contributed by atoms with Crippen molar-refractivity contribution in [3.8, 4) is 6.07 Å². The molecule has 2 rings (SSSR count). The van der Waals surface area contributed by atoms with Crippen molar-refractivity contribution in [2.75, 3.05) is 13.1 Å². The summed E-state index contributed by atoms with van der Waals surface area (Å²) in [5.74, 6) is 0. The van der Waals surface area contributed by atoms with Crippen molar-refractivity contribution in [3.63, 3.8) is 0 Å². The average molecular weight is 223 g/mol. The van der Waals surface area contributed by atoms with E-state index in [9.17, 15) is 0 Å². The van der Waals surface area contributed by atoms with Gasteiger partial charge in [-0.3, -0.25) is 4.90 Å². The van der Waals surface area contributed by atoms with Crippen LogP contribution in [0.4, 0.5) is 0 Å². The quantitative estimate of drug-likeness (QED) is 0.823. The molecule has 0 unspecified atom stereocenters. The van der Waals surface area contributed by atoms with Gasteiger partial charge in [0.05, 0.1) is 17.7 Å². The zero-order valence-electron chi connectivity index (χ0n) is 8.15. The largest absolute Gasteiger partial charge is 0.390 e. The molecule has 15 heavy (non-hydrogen) atoms. The summed E-state index contributed by atoms with van der Waals surface area (Å²) in [7, 11) is 0. The molecule has 1 heterocycles. The Labute approximate surface area is 93.5 Å². The number of benzene rings is 1. The summed E-state index contributed by atoms with van der Waals surface area (Å²) in [6, 6.07) is 7.45. The fraction of sp³-hybridized carbons (Fsp3) is 0.364. The molecular formula is C11H11ClN2O. The second kappa shape index (κ2) is 4.19. The second-order valence-corrected chi connectivity index (χ2v) is 4.20. The standard InChI is InChI=1S/C11H11ClN2O/c12-10-2-1-8(9(3-10)4-13)5-14-6-11(15)7-14/h1-3,11,15H,5-7H2. The summed E-state index contributed by atoms with van der Waals surface area (Å²) in [5.41, 5.74) is 1.58. The van der Waals surface area contributed by atoms with Gasteiger partial charge in [-0.05, 0) is 17.7 Å². The van der Waals surface area contributed by atoms with Gasteiger partial charge in [0, 0.05) is 24.7 Å². The first-order valence-electron chi connectivity index (χ1n) is 4.78. The highest BCUT2D eigenvalue weighted by Crippen LogP contribution is 2.19. The predicted molar refractivity (Wildman–Crippen MR) is 57.5 cm³/mol. The molecular weight excluding hydrogens is 212 g/mol. The van der Waals surface area contributed by atoms with Crippen LogP contribution in [-0.4, -0.2) is 29.2 Å². The molecule has 0 aliphatic carbocycles. The maximum atomic E-state index is 9.14. The van der Waals surface area contributed by atoms with Crippen LogP contribution in [0.3, 0.4) is 0 Å². The molecule has 3 nitrogen and oxygen atoms in total. The molecule has 0 radical (unpaired) electrons. The number of aliphatic hydroxyl groups is 1. The number of β-amino-alcohol motifs (C(OH)–C–C–N with tert-alkyl or cyclic N) is 1. The minimum absolute atomic E-state index is 0.206. The van der Waals surface area contributed by atoms with Crippen LogP contribution in [0, 0.1) is 11.3 Å². The van der Waals surface area contributed by atoms with Gasteiger partial charge >= 0.3 is 0 Å². The Bertz CT molecular complexity index is 408. The van der Waals surface area contributed by atoms with Gasteiger partial charge in [0.25, 0.3) is 0 Å². The van der Waals surface area contributed by atoms with E-state index in [-0.39, 0.29) is 6.10 Å². The van der Waals surface area contributed by atoms with Gasteiger partial charge in [-0.1, -0.05) is 17.7 Å². The number of halogens is 1. The number of hydrogen-bond acceptors (Lipinski definition) is 3. The van der Waals surface area contributed by atoms with E-state index in [1.807, 2.05) is 6.07 Å². The van der Waals surface area contributed by atoms with Gasteiger partial charge in [-0.25, -0.2) is 0 Å². The van der Waals surface area contributed by atoms with Crippen molar-refractivity contribution in [1.82, 2.24) is 4.90 Å². The normalized spacial score (nSPS) is 17.1. The summed E-state index contributed by atoms with van der Waals surface area (Å²) in [6.07, 6.45) is -0.206. The summed E-state index contributed by atoms with van der Waals surface area (Å²) in [4.78, 5) is 2.09. The molecule has 0 atom stereocenters. The Morgan fingerprint density at radius 2 is 2.27 bits per heavy atom. The molecule has 0 amide bonds. The molecule has 78 valence electrons. The van der Waals surface area contributed by atoms with Crippen molar-refractivity contribution >= 4 is 11.6 Å². The first-order chi connectivity index (χ1) is 7.19. The number of likely N-dealkylation sites (tertiary alicyclic amines) is 1. The molecule has 1 fully saturated rings. The van der Waals surface area contributed by atoms with Gasteiger partial charge in [0.1, 0.15) is 0 Å². The fourth-order valence-electron chi connectivity index (χ4n) is 1.70. The van der Waals surface area contributed by atoms with E-state index >= 15 is 0 Å². The van der Waals surface area contributed by atoms with E-state index in [2.05, 4.69) is 11.0 Å². The number of aliphatic hydroxyl groups excluding tert-OH is 1. The van der Waals surface area contributed by atoms with Gasteiger partial charge in [0.2, 0.25) is 0 Å². The van der Waals surface area contributed by atoms with Crippen LogP contribution in [-0.2, 0) is 6.54 Å². The lowest BCUT2D eigenvalue weighted by Crippen LogP contribution is -2.49. The lowest BCUT2D eigenvalue weighted by Gasteiger charge is -2.35. The van der Waals surface area contributed by atoms with Gasteiger partial charge in [-0.15, -0.1) is 0 Å². The van der Waals surface area contributed by atoms with E-state index in [1.165, 1.54) is 0 Å². The van der Waals surface area contributed by atoms with E-state index in [0.29, 0.717) is 30.2 Å². The second-order valence-electron chi connectivity index (χ2n) is 3.76. The van der Waals surface area contributed by atoms with Gasteiger partial charge in [0.15, 0.2) is 0 Å². The van der Waals surface area contributed by atoms with Crippen molar-refractivity contribution in [2.24, 2.45) is 0 Å². The molecule has 0 aromatic heterocycles. The number of nitriles is 1. The molecule has 0 bridgehead atoms. The number of hydrogen-bond donors (Lipinski definition) is 1. The number of rotatable bonds is 2. The molecule has 1 saturated heterocycles. The maximum Gasteiger partial charge on any atom is 0.0995 e. The molecule has 1 N–H and O–H groups in total. The Kier molecular flexibility index (Phi) is 2.92. The van der Waals surface area contributed by atoms with Crippen LogP contribution < -0.4 is 0 Å². The van der Waals surface area contributed by atoms with Crippen LogP contribution in [0.25, 0.3) is 0 Å². The number of nitrogens with zero attached hydrogens (tertiary/aromatic N) is 2. The van der Waals surface area contributed by atoms with Crippen LogP contribution in [0.2, 0.25) is 5.02 Å². The topological polar surface area (TPSA) is 47.3 Å². The lowest BCUT2D eigenvalue weighted by molar-refractivity contribution is -0.00290. The minimum atomic E-state index is -0.206. The van der Waals surface area contributed by atoms with Crippen LogP contribution in [0.1, 0.15) is 11.1 Å². The van der Waals surface area contributed by atoms with E-state index in [1.54, 1.807) is 12.1 Å². The van der Waals surface area contributed by atoms with Crippen LogP contribution in [0.15, 0.2) is 18.2 Å². The predicted octanol–water partition coefficient (Wildman–Crippen LogP) is 1.39. The van der Waals surface area contributed by atoms with E-state index < -0.39 is 0 Å². The molecule has 1 aliphatic rings. The molecule has 0 spiro atoms. The lowest BCUT2D eigenvalue weighted by atomic mass is 10.1. The molecule has 4 heteroatoms. The van der Waals surface area contributed by atoms with Gasteiger partial charge < -0.3 is 5.11 Å². The van der Waals surface area contributed by atoms with Crippen molar-refractivity contribution in [1.29, 1.82) is 5.26 Å². The van der Waals surface area contributed by atoms with Crippen LogP contribution >= 0.6 is 11.6 Å². The summed E-state index contributed by atoms with van der Waals surface area (Å²) in [6.45, 7) is 2.08. The molecule has 0 saturated carbocycles. The Balaban J connectivity index is 2.11. The highest BCUT2D eigenvalue weighted by molar-refractivity contribution is 6.30. The molecule has 1 aromatic carbocycles. The smallest absolute Gasteiger partial charge is 0.0995 e. The zero-order valence-corrected chi connectivity index (χ0v) is 8.91. The third kappa shape index (κ3) is 2.29. The maximum absolute atomic E-state index is 9.14. The Morgan fingerprint density at radius 3 is 2.87 bits per heavy atom. The van der Waals surface area contributed by atoms with E-state index in [4.69, 9.17) is 22.0 Å². The average Bonchev–Trinajstić information content (AvgIpc) is 2.18. The highest BCUT2D eigenvalue weighted by atomic mass is 35.5. The Hall–Kier alpha value is -1.08. The van der Waals surface area contributed by atoms with E-state index in [0.717, 1.165) is 5.56 Å². The zero-order chi connectivity index (χ0) is 10.8. The monoisotopic (exact) mass is 222 g/mol. The van der Waals surface area contributed by atoms with Crippen molar-refractivity contribution in [3.05, 3.63) is 34.3 Å². The first kappa shape index (κ1) is 10.4. The molecule has 1 aromatic rings. The van der Waals surface area contributed by atoms with Crippen molar-refractivity contribution < 1.29 is 5.11 Å². The van der Waals surface area contributed by atoms with Crippen LogP contribution in [0.5, 0.6) is 0 Å². The summed E-state index contributed by atoms with van der Waals surface area (Å²) in [5, 5.41) is 18.6. The summed E-state index contributed by atoms with van der Waals surface area (Å²) < 4.78 is 0. The molecule has 1 aliphatic heterocycles.